The van der Waals surface area contributed by atoms with E-state index in [4.69, 9.17) is 48.1 Å². The summed E-state index contributed by atoms with van der Waals surface area (Å²) in [4.78, 5) is 43.1. The molecule has 15 heteroatoms. The maximum absolute atomic E-state index is 11.3. The molecule has 0 aromatic heterocycles. The van der Waals surface area contributed by atoms with Crippen molar-refractivity contribution in [3.8, 4) is 0 Å². The van der Waals surface area contributed by atoms with Crippen molar-refractivity contribution < 1.29 is 86.8 Å². The summed E-state index contributed by atoms with van der Waals surface area (Å²) in [6.07, 6.45) is -1.79. The van der Waals surface area contributed by atoms with E-state index in [1.807, 2.05) is 13.8 Å². The molecule has 0 aromatic carbocycles. The van der Waals surface area contributed by atoms with Crippen molar-refractivity contribution in [2.24, 2.45) is 0 Å². The average Bonchev–Trinajstić information content (AvgIpc) is 2.89. The zero-order valence-electron chi connectivity index (χ0n) is 25.3. The minimum Gasteiger partial charge on any atom is -0.481 e. The Labute approximate surface area is 255 Å². The number of rotatable bonds is 24. The fourth-order valence-corrected chi connectivity index (χ4v) is 2.53. The molecule has 0 aromatic rings. The molecule has 0 amide bonds. The molecule has 0 heterocycles. The number of carboxylic acids is 2. The third-order valence-corrected chi connectivity index (χ3v) is 4.55. The van der Waals surface area contributed by atoms with Crippen LogP contribution in [0.1, 0.15) is 53.4 Å². The van der Waals surface area contributed by atoms with Gasteiger partial charge in [-0.25, -0.2) is 0 Å². The Morgan fingerprint density at radius 1 is 0.537 bits per heavy atom. The van der Waals surface area contributed by atoms with E-state index in [9.17, 15) is 19.2 Å². The first-order valence-corrected chi connectivity index (χ1v) is 13.1. The van der Waals surface area contributed by atoms with Gasteiger partial charge in [0.1, 0.15) is 12.2 Å². The molecular weight excluding hydrogens is 602 g/mol. The van der Waals surface area contributed by atoms with E-state index in [0.717, 1.165) is 0 Å². The zero-order chi connectivity index (χ0) is 30.8. The summed E-state index contributed by atoms with van der Waals surface area (Å²) in [5, 5.41) is 16.9. The summed E-state index contributed by atoms with van der Waals surface area (Å²) in [5.41, 5.74) is 0. The number of carbonyl (C=O) groups is 4. The van der Waals surface area contributed by atoms with Crippen molar-refractivity contribution in [3.05, 3.63) is 0 Å². The molecule has 41 heavy (non-hydrogen) atoms. The van der Waals surface area contributed by atoms with Gasteiger partial charge in [-0.15, -0.1) is 0 Å². The summed E-state index contributed by atoms with van der Waals surface area (Å²) < 4.78 is 41.2. The molecule has 2 N–H and O–H groups in total. The van der Waals surface area contributed by atoms with Crippen molar-refractivity contribution in [1.29, 1.82) is 0 Å². The molecule has 0 aliphatic rings. The Hall–Kier alpha value is -1.74. The van der Waals surface area contributed by atoms with E-state index in [2.05, 4.69) is 0 Å². The number of aliphatic carboxylic acids is 2. The number of carboxylic acid groups (broad SMARTS) is 2. The van der Waals surface area contributed by atoms with Crippen LogP contribution in [-0.2, 0) is 76.6 Å². The monoisotopic (exact) mass is 648 g/mol. The third kappa shape index (κ3) is 34.4. The van der Waals surface area contributed by atoms with Crippen molar-refractivity contribution in [1.82, 2.24) is 0 Å². The quantitative estimate of drug-likeness (QED) is 0.0875. The van der Waals surface area contributed by atoms with Crippen LogP contribution >= 0.6 is 0 Å². The van der Waals surface area contributed by atoms with Crippen LogP contribution in [0, 0.1) is 0 Å². The second kappa shape index (κ2) is 29.7. The normalized spacial score (nSPS) is 13.4. The van der Waals surface area contributed by atoms with E-state index in [1.54, 1.807) is 28.1 Å². The van der Waals surface area contributed by atoms with Gasteiger partial charge in [0.2, 0.25) is 0 Å². The van der Waals surface area contributed by atoms with Crippen LogP contribution in [0.15, 0.2) is 0 Å². The molecule has 0 aliphatic carbocycles. The van der Waals surface area contributed by atoms with Crippen LogP contribution in [-0.4, -0.2) is 126 Å². The van der Waals surface area contributed by atoms with Gasteiger partial charge in [-0.3, -0.25) is 19.2 Å². The van der Waals surface area contributed by atoms with Crippen molar-refractivity contribution in [2.75, 3.05) is 67.1 Å². The first-order valence-electron chi connectivity index (χ1n) is 13.1. The number of hydrogen-bond acceptors (Lipinski definition) is 12. The number of ether oxygens (including phenoxy) is 8. The van der Waals surface area contributed by atoms with Gasteiger partial charge in [0, 0.05) is 33.7 Å². The van der Waals surface area contributed by atoms with Gasteiger partial charge in [0.05, 0.1) is 90.7 Å². The standard InChI is InChI=1S/2C13H24O7.Zn/c2*1-10(8-18-7-6-17-3)19-9-11(2)20-13(16)5-4-12(14)15;/h2*10-11H,4-9H2,1-3H3,(H,14,15);. The Kier molecular flexibility index (Phi) is 31.7. The molecule has 0 radical (unpaired) electrons. The topological polar surface area (TPSA) is 183 Å². The Morgan fingerprint density at radius 3 is 1.17 bits per heavy atom. The molecule has 238 valence electrons. The van der Waals surface area contributed by atoms with E-state index in [1.165, 1.54) is 0 Å². The van der Waals surface area contributed by atoms with E-state index < -0.39 is 36.1 Å². The molecule has 0 saturated heterocycles. The van der Waals surface area contributed by atoms with Crippen LogP contribution in [0.25, 0.3) is 0 Å². The molecule has 0 rings (SSSR count). The smallest absolute Gasteiger partial charge is 0.306 e. The summed E-state index contributed by atoms with van der Waals surface area (Å²) in [6.45, 7) is 10.5. The summed E-state index contributed by atoms with van der Waals surface area (Å²) in [5.74, 6) is -3.11. The number of esters is 2. The van der Waals surface area contributed by atoms with Crippen LogP contribution in [0.2, 0.25) is 0 Å². The molecule has 14 nitrogen and oxygen atoms in total. The summed E-state index contributed by atoms with van der Waals surface area (Å²) in [6, 6.07) is 0. The van der Waals surface area contributed by atoms with Gasteiger partial charge >= 0.3 is 23.9 Å². The van der Waals surface area contributed by atoms with Crippen LogP contribution in [0.5, 0.6) is 0 Å². The number of carbonyl (C=O) groups excluding carboxylic acids is 2. The van der Waals surface area contributed by atoms with Gasteiger partial charge in [0.15, 0.2) is 0 Å². The summed E-state index contributed by atoms with van der Waals surface area (Å²) >= 11 is 0. The Balaban J connectivity index is -0.000000688. The summed E-state index contributed by atoms with van der Waals surface area (Å²) in [7, 11) is 3.20. The molecular formula is C26H48O14Zn. The second-order valence-electron chi connectivity index (χ2n) is 8.81. The predicted octanol–water partition coefficient (Wildman–Crippen LogP) is 1.70. The molecule has 4 atom stereocenters. The minimum atomic E-state index is -1.02. The van der Waals surface area contributed by atoms with Gasteiger partial charge in [-0.05, 0) is 27.7 Å². The van der Waals surface area contributed by atoms with E-state index >= 15 is 0 Å². The maximum Gasteiger partial charge on any atom is 0.306 e. The molecule has 0 saturated carbocycles. The third-order valence-electron chi connectivity index (χ3n) is 4.55. The average molecular weight is 650 g/mol. The zero-order valence-corrected chi connectivity index (χ0v) is 28.3. The van der Waals surface area contributed by atoms with Crippen molar-refractivity contribution in [3.63, 3.8) is 0 Å². The van der Waals surface area contributed by atoms with Crippen LogP contribution in [0.3, 0.4) is 0 Å². The molecule has 0 spiro atoms. The van der Waals surface area contributed by atoms with E-state index in [0.29, 0.717) is 39.6 Å². The minimum absolute atomic E-state index is 0. The molecule has 4 unspecified atom stereocenters. The fraction of sp³-hybridized carbons (Fsp3) is 0.846. The number of hydrogen-bond donors (Lipinski definition) is 2. The van der Waals surface area contributed by atoms with Gasteiger partial charge < -0.3 is 48.1 Å². The van der Waals surface area contributed by atoms with Gasteiger partial charge in [0.25, 0.3) is 0 Å². The second-order valence-corrected chi connectivity index (χ2v) is 8.81. The fourth-order valence-electron chi connectivity index (χ4n) is 2.53. The maximum atomic E-state index is 11.3. The predicted molar refractivity (Wildman–Crippen MR) is 141 cm³/mol. The van der Waals surface area contributed by atoms with Crippen LogP contribution in [0.4, 0.5) is 0 Å². The van der Waals surface area contributed by atoms with Gasteiger partial charge in [-0.2, -0.15) is 0 Å². The largest absolute Gasteiger partial charge is 0.481 e. The molecule has 0 aliphatic heterocycles. The van der Waals surface area contributed by atoms with Crippen molar-refractivity contribution in [2.45, 2.75) is 77.8 Å². The Bertz CT molecular complexity index is 623. The first kappa shape index (κ1) is 43.7. The number of methoxy groups -OCH3 is 2. The van der Waals surface area contributed by atoms with Gasteiger partial charge in [-0.1, -0.05) is 0 Å². The molecule has 0 bridgehead atoms. The first-order chi connectivity index (χ1) is 18.9. The van der Waals surface area contributed by atoms with Crippen molar-refractivity contribution >= 4 is 23.9 Å². The van der Waals surface area contributed by atoms with Crippen LogP contribution < -0.4 is 0 Å². The Morgan fingerprint density at radius 2 is 0.878 bits per heavy atom. The SMILES string of the molecule is COCCOCC(C)OCC(C)OC(=O)CCC(=O)O.COCCOCC(C)OCC(C)OC(=O)CCC(=O)O.[Zn]. The molecule has 0 fully saturated rings. The van der Waals surface area contributed by atoms with E-state index in [-0.39, 0.29) is 70.6 Å².